The summed E-state index contributed by atoms with van der Waals surface area (Å²) in [5, 5.41) is 14.4. The van der Waals surface area contributed by atoms with Crippen LogP contribution in [0.15, 0.2) is 21.4 Å². The molecule has 2 rings (SSSR count). The normalized spacial score (nSPS) is 13.7. The van der Waals surface area contributed by atoms with E-state index in [0.717, 1.165) is 0 Å². The lowest BCUT2D eigenvalue weighted by atomic mass is 9.90. The number of nitrogens with zero attached hydrogens (tertiary/aromatic N) is 3. The van der Waals surface area contributed by atoms with Crippen LogP contribution in [0.4, 0.5) is 0 Å². The first-order valence-electron chi connectivity index (χ1n) is 7.65. The zero-order chi connectivity index (χ0) is 17.9. The molecule has 0 fully saturated rings. The minimum Gasteiger partial charge on any atom is -0.337 e. The third-order valence-electron chi connectivity index (χ3n) is 3.97. The predicted octanol–water partition coefficient (Wildman–Crippen LogP) is 2.62. The van der Waals surface area contributed by atoms with Crippen molar-refractivity contribution in [3.63, 3.8) is 0 Å². The maximum atomic E-state index is 12.4. The number of nitriles is 1. The second-order valence-electron chi connectivity index (χ2n) is 5.88. The van der Waals surface area contributed by atoms with Crippen LogP contribution < -0.4 is 10.9 Å². The predicted molar refractivity (Wildman–Crippen MR) is 97.3 cm³/mol. The van der Waals surface area contributed by atoms with Gasteiger partial charge in [-0.25, -0.2) is 4.98 Å². The molecule has 1 atom stereocenters. The van der Waals surface area contributed by atoms with E-state index in [1.54, 1.807) is 17.6 Å². The Kier molecular flexibility index (Phi) is 5.67. The summed E-state index contributed by atoms with van der Waals surface area (Å²) in [6, 6.07) is 3.95. The minimum atomic E-state index is -0.910. The van der Waals surface area contributed by atoms with Gasteiger partial charge in [-0.1, -0.05) is 25.6 Å². The Hall–Kier alpha value is -1.85. The van der Waals surface area contributed by atoms with Gasteiger partial charge in [0, 0.05) is 6.54 Å². The van der Waals surface area contributed by atoms with Gasteiger partial charge in [-0.2, -0.15) is 5.26 Å². The summed E-state index contributed by atoms with van der Waals surface area (Å²) in [5.74, 6) is -0.155. The van der Waals surface area contributed by atoms with Gasteiger partial charge < -0.3 is 5.32 Å². The van der Waals surface area contributed by atoms with Crippen LogP contribution >= 0.6 is 23.1 Å². The molecule has 24 heavy (non-hydrogen) atoms. The molecular weight excluding hydrogens is 344 g/mol. The van der Waals surface area contributed by atoms with Gasteiger partial charge in [0.2, 0.25) is 5.91 Å². The van der Waals surface area contributed by atoms with Gasteiger partial charge in [0.15, 0.2) is 5.16 Å². The molecule has 1 N–H and O–H groups in total. The van der Waals surface area contributed by atoms with Gasteiger partial charge in [-0.05, 0) is 31.2 Å². The van der Waals surface area contributed by atoms with Gasteiger partial charge >= 0.3 is 0 Å². The number of aromatic nitrogens is 2. The number of carbonyl (C=O) groups excluding carboxylic acids is 1. The molecule has 1 amide bonds. The first kappa shape index (κ1) is 18.5. The highest BCUT2D eigenvalue weighted by Crippen LogP contribution is 2.21. The van der Waals surface area contributed by atoms with Crippen molar-refractivity contribution in [2.24, 2.45) is 5.92 Å². The summed E-state index contributed by atoms with van der Waals surface area (Å²) in [6.07, 6.45) is 0. The highest BCUT2D eigenvalue weighted by Gasteiger charge is 2.30. The second kappa shape index (κ2) is 7.36. The molecule has 1 unspecified atom stereocenters. The minimum absolute atomic E-state index is 0.00875. The second-order valence-corrected chi connectivity index (χ2v) is 7.74. The maximum Gasteiger partial charge on any atom is 0.272 e. The van der Waals surface area contributed by atoms with E-state index in [2.05, 4.69) is 16.4 Å². The van der Waals surface area contributed by atoms with E-state index >= 15 is 0 Å². The zero-order valence-corrected chi connectivity index (χ0v) is 15.8. The van der Waals surface area contributed by atoms with Gasteiger partial charge in [0.25, 0.3) is 5.56 Å². The molecule has 0 spiro atoms. The molecule has 0 aromatic carbocycles. The van der Waals surface area contributed by atoms with Gasteiger partial charge in [0.1, 0.15) is 10.2 Å². The van der Waals surface area contributed by atoms with Crippen LogP contribution in [0, 0.1) is 17.2 Å². The van der Waals surface area contributed by atoms with E-state index in [9.17, 15) is 14.9 Å². The van der Waals surface area contributed by atoms with Crippen molar-refractivity contribution >= 4 is 39.2 Å². The molecule has 0 radical (unpaired) electrons. The van der Waals surface area contributed by atoms with Crippen LogP contribution in [0.5, 0.6) is 0 Å². The highest BCUT2D eigenvalue weighted by molar-refractivity contribution is 7.99. The molecule has 0 bridgehead atoms. The molecule has 6 nitrogen and oxygen atoms in total. The summed E-state index contributed by atoms with van der Waals surface area (Å²) >= 11 is 2.58. The van der Waals surface area contributed by atoms with Crippen LogP contribution in [0.1, 0.15) is 27.7 Å². The molecular formula is C16H20N4O2S2. The SMILES string of the molecule is CCn1c(SCC(=O)NC(C)(C#N)C(C)C)nc2ccsc2c1=O. The van der Waals surface area contributed by atoms with Crippen molar-refractivity contribution in [2.45, 2.75) is 44.9 Å². The number of thioether (sulfide) groups is 1. The Morgan fingerprint density at radius 3 is 2.88 bits per heavy atom. The third-order valence-corrected chi connectivity index (χ3v) is 5.83. The van der Waals surface area contributed by atoms with Crippen molar-refractivity contribution < 1.29 is 4.79 Å². The molecule has 0 aliphatic rings. The lowest BCUT2D eigenvalue weighted by molar-refractivity contribution is -0.120. The molecule has 0 aliphatic heterocycles. The van der Waals surface area contributed by atoms with Crippen LogP contribution in [-0.4, -0.2) is 26.8 Å². The molecule has 0 saturated heterocycles. The fraction of sp³-hybridized carbons (Fsp3) is 0.500. The fourth-order valence-corrected chi connectivity index (χ4v) is 3.71. The lowest BCUT2D eigenvalue weighted by Crippen LogP contribution is -2.49. The van der Waals surface area contributed by atoms with E-state index < -0.39 is 5.54 Å². The summed E-state index contributed by atoms with van der Waals surface area (Å²) in [6.45, 7) is 7.84. The molecule has 2 aromatic rings. The summed E-state index contributed by atoms with van der Waals surface area (Å²) in [5.41, 5.74) is -0.335. The molecule has 0 saturated carbocycles. The van der Waals surface area contributed by atoms with E-state index in [4.69, 9.17) is 0 Å². The number of carbonyl (C=O) groups is 1. The number of hydrogen-bond donors (Lipinski definition) is 1. The number of amides is 1. The average molecular weight is 364 g/mol. The first-order chi connectivity index (χ1) is 11.3. The molecule has 2 heterocycles. The van der Waals surface area contributed by atoms with E-state index in [0.29, 0.717) is 21.9 Å². The largest absolute Gasteiger partial charge is 0.337 e. The van der Waals surface area contributed by atoms with Gasteiger partial charge in [-0.3, -0.25) is 14.2 Å². The number of rotatable bonds is 6. The van der Waals surface area contributed by atoms with Crippen molar-refractivity contribution in [1.82, 2.24) is 14.9 Å². The van der Waals surface area contributed by atoms with E-state index in [1.807, 2.05) is 26.2 Å². The standard InChI is InChI=1S/C16H20N4O2S2/c1-5-20-14(22)13-11(6-7-23-13)18-15(20)24-8-12(21)19-16(4,9-17)10(2)3/h6-7,10H,5,8H2,1-4H3,(H,19,21). The van der Waals surface area contributed by atoms with Crippen LogP contribution in [0.25, 0.3) is 10.2 Å². The van der Waals surface area contributed by atoms with Crippen LogP contribution in [0.2, 0.25) is 0 Å². The average Bonchev–Trinajstić information content (AvgIpc) is 3.01. The highest BCUT2D eigenvalue weighted by atomic mass is 32.2. The van der Waals surface area contributed by atoms with E-state index in [-0.39, 0.29) is 23.1 Å². The number of fused-ring (bicyclic) bond motifs is 1. The van der Waals surface area contributed by atoms with Crippen LogP contribution in [-0.2, 0) is 11.3 Å². The van der Waals surface area contributed by atoms with Gasteiger partial charge in [0.05, 0.1) is 17.3 Å². The van der Waals surface area contributed by atoms with Gasteiger partial charge in [-0.15, -0.1) is 11.3 Å². The fourth-order valence-electron chi connectivity index (χ4n) is 2.07. The molecule has 128 valence electrons. The van der Waals surface area contributed by atoms with Crippen molar-refractivity contribution in [3.8, 4) is 6.07 Å². The summed E-state index contributed by atoms with van der Waals surface area (Å²) < 4.78 is 2.20. The lowest BCUT2D eigenvalue weighted by Gasteiger charge is -2.27. The molecule has 0 aliphatic carbocycles. The van der Waals surface area contributed by atoms with Crippen LogP contribution in [0.3, 0.4) is 0 Å². The van der Waals surface area contributed by atoms with Crippen molar-refractivity contribution in [1.29, 1.82) is 5.26 Å². The maximum absolute atomic E-state index is 12.4. The van der Waals surface area contributed by atoms with Crippen molar-refractivity contribution in [3.05, 3.63) is 21.8 Å². The van der Waals surface area contributed by atoms with E-state index in [1.165, 1.54) is 23.1 Å². The summed E-state index contributed by atoms with van der Waals surface area (Å²) in [4.78, 5) is 29.1. The summed E-state index contributed by atoms with van der Waals surface area (Å²) in [7, 11) is 0. The Labute approximate surface area is 148 Å². The quantitative estimate of drug-likeness (QED) is 0.629. The smallest absolute Gasteiger partial charge is 0.272 e. The monoisotopic (exact) mass is 364 g/mol. The molecule has 2 aromatic heterocycles. The number of nitrogens with one attached hydrogen (secondary N) is 1. The van der Waals surface area contributed by atoms with Crippen molar-refractivity contribution in [2.75, 3.05) is 5.75 Å². The molecule has 8 heteroatoms. The third kappa shape index (κ3) is 3.62. The Morgan fingerprint density at radius 2 is 2.29 bits per heavy atom. The Bertz CT molecular complexity index is 850. The Morgan fingerprint density at radius 1 is 1.58 bits per heavy atom. The number of thiophene rings is 1. The number of hydrogen-bond acceptors (Lipinski definition) is 6. The Balaban J connectivity index is 2.18. The topological polar surface area (TPSA) is 87.8 Å². The zero-order valence-electron chi connectivity index (χ0n) is 14.1. The first-order valence-corrected chi connectivity index (χ1v) is 9.52.